The maximum atomic E-state index is 13.3. The number of likely N-dealkylation sites (tertiary alicyclic amines) is 1. The van der Waals surface area contributed by atoms with Crippen molar-refractivity contribution >= 4 is 29.3 Å². The quantitative estimate of drug-likeness (QED) is 0.289. The number of amides is 1. The van der Waals surface area contributed by atoms with Crippen molar-refractivity contribution < 1.29 is 24.5 Å². The first-order chi connectivity index (χ1) is 18.4. The normalized spacial score (nSPS) is 22.1. The van der Waals surface area contributed by atoms with Gasteiger partial charge in [0, 0.05) is 41.1 Å². The number of nitrogens with one attached hydrogen (secondary N) is 2. The number of carbonyl (C=O) groups excluding carboxylic acids is 1. The minimum absolute atomic E-state index is 0.0867. The molecule has 2 aliphatic heterocycles. The van der Waals surface area contributed by atoms with Crippen molar-refractivity contribution in [2.24, 2.45) is 11.8 Å². The Kier molecular flexibility index (Phi) is 7.71. The van der Waals surface area contributed by atoms with Crippen LogP contribution in [-0.4, -0.2) is 57.7 Å². The third kappa shape index (κ3) is 5.41. The lowest BCUT2D eigenvalue weighted by molar-refractivity contribution is -0.188. The third-order valence-corrected chi connectivity index (χ3v) is 9.39. The largest absolute Gasteiger partial charge is 0.448 e. The van der Waals surface area contributed by atoms with Crippen LogP contribution in [0.5, 0.6) is 11.5 Å². The summed E-state index contributed by atoms with van der Waals surface area (Å²) in [6, 6.07) is 3.03. The number of aryl methyl sites for hydroxylation is 1. The third-order valence-electron chi connectivity index (χ3n) is 8.35. The average molecular weight is 578 g/mol. The second kappa shape index (κ2) is 10.6. The lowest BCUT2D eigenvalue weighted by Crippen LogP contribution is -2.49. The number of hydrogen-bond acceptors (Lipinski definition) is 8. The van der Waals surface area contributed by atoms with Gasteiger partial charge in [0.05, 0.1) is 5.02 Å². The summed E-state index contributed by atoms with van der Waals surface area (Å²) in [5.41, 5.74) is 0.0235. The molecule has 11 heteroatoms. The van der Waals surface area contributed by atoms with Crippen LogP contribution in [0.15, 0.2) is 21.8 Å². The molecule has 1 saturated carbocycles. The molecule has 0 bridgehead atoms. The SMILES string of the molecule is CSc1cc(C)[nH]c(=O)c1C(O)(O)NC(=O)c1cc(Cl)c2c(c1C)OC(C)(C1CCN(CC3CCC3)CC1)O2. The number of piperidine rings is 1. The van der Waals surface area contributed by atoms with Crippen molar-refractivity contribution in [2.45, 2.75) is 69.5 Å². The molecule has 0 spiro atoms. The van der Waals surface area contributed by atoms with Gasteiger partial charge >= 0.3 is 0 Å². The Morgan fingerprint density at radius 1 is 1.21 bits per heavy atom. The van der Waals surface area contributed by atoms with Crippen LogP contribution in [0.3, 0.4) is 0 Å². The summed E-state index contributed by atoms with van der Waals surface area (Å²) in [6.45, 7) is 8.44. The van der Waals surface area contributed by atoms with Crippen LogP contribution in [0.4, 0.5) is 0 Å². The van der Waals surface area contributed by atoms with Crippen molar-refractivity contribution in [3.63, 3.8) is 0 Å². The summed E-state index contributed by atoms with van der Waals surface area (Å²) < 4.78 is 12.7. The van der Waals surface area contributed by atoms with Crippen LogP contribution in [-0.2, 0) is 5.91 Å². The summed E-state index contributed by atoms with van der Waals surface area (Å²) in [5.74, 6) is -2.94. The van der Waals surface area contributed by atoms with E-state index >= 15 is 0 Å². The van der Waals surface area contributed by atoms with Crippen molar-refractivity contribution in [3.8, 4) is 11.5 Å². The number of thioether (sulfide) groups is 1. The number of benzene rings is 1. The number of H-pyrrole nitrogens is 1. The summed E-state index contributed by atoms with van der Waals surface area (Å²) in [6.07, 6.45) is 7.58. The molecular formula is C28H36ClN3O6S. The van der Waals surface area contributed by atoms with Crippen LogP contribution in [0, 0.1) is 25.7 Å². The molecule has 1 saturated heterocycles. The van der Waals surface area contributed by atoms with Gasteiger partial charge in [0.25, 0.3) is 23.2 Å². The molecule has 1 aliphatic carbocycles. The van der Waals surface area contributed by atoms with Crippen molar-refractivity contribution in [1.82, 2.24) is 15.2 Å². The number of aromatic nitrogens is 1. The van der Waals surface area contributed by atoms with Gasteiger partial charge in [-0.2, -0.15) is 0 Å². The Morgan fingerprint density at radius 2 is 1.87 bits per heavy atom. The van der Waals surface area contributed by atoms with Crippen LogP contribution in [0.25, 0.3) is 0 Å². The second-order valence-electron chi connectivity index (χ2n) is 11.1. The van der Waals surface area contributed by atoms with Crippen molar-refractivity contribution in [1.29, 1.82) is 0 Å². The van der Waals surface area contributed by atoms with Gasteiger partial charge in [0.2, 0.25) is 0 Å². The molecule has 2 aromatic rings. The molecule has 0 radical (unpaired) electrons. The Labute approximate surface area is 237 Å². The standard InChI is InChI=1S/C28H36ClN3O6S/c1-15-12-21(39-4)22(26(34)30-15)28(35,36)31-25(33)19-13-20(29)24-23(16(19)2)37-27(3,38-24)18-8-10-32(11-9-18)14-17-6-5-7-17/h12-13,17-18,35-36H,5-11,14H2,1-4H3,(H,30,34)(H,31,33). The molecule has 1 unspecified atom stereocenters. The van der Waals surface area contributed by atoms with E-state index in [1.54, 1.807) is 26.2 Å². The number of rotatable bonds is 7. The van der Waals surface area contributed by atoms with Gasteiger partial charge in [-0.3, -0.25) is 14.9 Å². The number of ether oxygens (including phenoxy) is 2. The number of aromatic amines is 1. The topological polar surface area (TPSA) is 124 Å². The fraction of sp³-hybridized carbons (Fsp3) is 0.571. The predicted octanol–water partition coefficient (Wildman–Crippen LogP) is 3.89. The van der Waals surface area contributed by atoms with E-state index in [1.807, 2.05) is 6.92 Å². The molecular weight excluding hydrogens is 542 g/mol. The van der Waals surface area contributed by atoms with Crippen LogP contribution in [0.1, 0.15) is 66.2 Å². The fourth-order valence-electron chi connectivity index (χ4n) is 5.87. The molecule has 9 nitrogen and oxygen atoms in total. The van der Waals surface area contributed by atoms with Crippen LogP contribution >= 0.6 is 23.4 Å². The molecule has 1 aromatic heterocycles. The summed E-state index contributed by atoms with van der Waals surface area (Å²) >= 11 is 7.73. The van der Waals surface area contributed by atoms with Gasteiger partial charge in [-0.05, 0) is 76.9 Å². The average Bonchev–Trinajstić information content (AvgIpc) is 3.22. The van der Waals surface area contributed by atoms with Crippen LogP contribution < -0.4 is 20.3 Å². The first-order valence-electron chi connectivity index (χ1n) is 13.4. The Bertz CT molecular complexity index is 1340. The number of nitrogens with zero attached hydrogens (tertiary/aromatic N) is 1. The molecule has 1 atom stereocenters. The monoisotopic (exact) mass is 577 g/mol. The number of carbonyl (C=O) groups is 1. The van der Waals surface area contributed by atoms with Crippen molar-refractivity contribution in [3.05, 3.63) is 49.9 Å². The van der Waals surface area contributed by atoms with E-state index in [0.29, 0.717) is 27.7 Å². The zero-order valence-electron chi connectivity index (χ0n) is 22.7. The predicted molar refractivity (Wildman–Crippen MR) is 150 cm³/mol. The smallest absolute Gasteiger partial charge is 0.281 e. The lowest BCUT2D eigenvalue weighted by Gasteiger charge is -2.40. The number of pyridine rings is 1. The van der Waals surface area contributed by atoms with E-state index in [0.717, 1.165) is 43.6 Å². The highest BCUT2D eigenvalue weighted by Gasteiger charge is 2.47. The van der Waals surface area contributed by atoms with Gasteiger partial charge in [0.1, 0.15) is 5.56 Å². The summed E-state index contributed by atoms with van der Waals surface area (Å²) in [4.78, 5) is 31.3. The number of halogens is 1. The molecule has 3 heterocycles. The second-order valence-corrected chi connectivity index (χ2v) is 12.4. The fourth-order valence-corrected chi connectivity index (χ4v) is 6.83. The molecule has 212 valence electrons. The number of hydrogen-bond donors (Lipinski definition) is 4. The first kappa shape index (κ1) is 28.3. The molecule has 39 heavy (non-hydrogen) atoms. The van der Waals surface area contributed by atoms with Crippen LogP contribution in [0.2, 0.25) is 5.02 Å². The highest BCUT2D eigenvalue weighted by atomic mass is 35.5. The maximum Gasteiger partial charge on any atom is 0.281 e. The van der Waals surface area contributed by atoms with Gasteiger partial charge in [-0.15, -0.1) is 11.8 Å². The Morgan fingerprint density at radius 3 is 2.49 bits per heavy atom. The lowest BCUT2D eigenvalue weighted by atomic mass is 9.83. The minimum atomic E-state index is -2.92. The zero-order valence-corrected chi connectivity index (χ0v) is 24.3. The van der Waals surface area contributed by atoms with E-state index in [1.165, 1.54) is 31.9 Å². The number of aliphatic hydroxyl groups is 2. The zero-order chi connectivity index (χ0) is 28.1. The van der Waals surface area contributed by atoms with E-state index in [4.69, 9.17) is 21.1 Å². The Balaban J connectivity index is 1.34. The van der Waals surface area contributed by atoms with E-state index < -0.39 is 23.2 Å². The number of fused-ring (bicyclic) bond motifs is 1. The molecule has 3 aliphatic rings. The van der Waals surface area contributed by atoms with Gasteiger partial charge < -0.3 is 29.6 Å². The Hall–Kier alpha value is -2.24. The highest BCUT2D eigenvalue weighted by Crippen LogP contribution is 2.51. The van der Waals surface area contributed by atoms with E-state index in [9.17, 15) is 19.8 Å². The van der Waals surface area contributed by atoms with Gasteiger partial charge in [-0.1, -0.05) is 18.0 Å². The minimum Gasteiger partial charge on any atom is -0.448 e. The highest BCUT2D eigenvalue weighted by molar-refractivity contribution is 7.98. The molecule has 2 fully saturated rings. The molecule has 1 aromatic carbocycles. The maximum absolute atomic E-state index is 13.3. The van der Waals surface area contributed by atoms with Gasteiger partial charge in [-0.25, -0.2) is 0 Å². The van der Waals surface area contributed by atoms with Gasteiger partial charge in [0.15, 0.2) is 11.5 Å². The summed E-state index contributed by atoms with van der Waals surface area (Å²) in [5, 5.41) is 24.0. The molecule has 5 rings (SSSR count). The van der Waals surface area contributed by atoms with E-state index in [-0.39, 0.29) is 22.1 Å². The van der Waals surface area contributed by atoms with E-state index in [2.05, 4.69) is 15.2 Å². The molecule has 1 amide bonds. The van der Waals surface area contributed by atoms with Crippen molar-refractivity contribution in [2.75, 3.05) is 25.9 Å². The molecule has 4 N–H and O–H groups in total. The summed E-state index contributed by atoms with van der Waals surface area (Å²) in [7, 11) is 0. The first-order valence-corrected chi connectivity index (χ1v) is 15.0.